The van der Waals surface area contributed by atoms with Crippen molar-refractivity contribution in [2.75, 3.05) is 0 Å². The molecular formula is C36H21N5S. The summed E-state index contributed by atoms with van der Waals surface area (Å²) >= 11 is 1.72. The number of benzene rings is 5. The third-order valence-corrected chi connectivity index (χ3v) is 9.13. The highest BCUT2D eigenvalue weighted by molar-refractivity contribution is 7.26. The predicted molar refractivity (Wildman–Crippen MR) is 173 cm³/mol. The highest BCUT2D eigenvalue weighted by atomic mass is 32.1. The average Bonchev–Trinajstić information content (AvgIpc) is 3.61. The number of thiophene rings is 1. The molecule has 9 aromatic rings. The molecule has 0 unspecified atom stereocenters. The van der Waals surface area contributed by atoms with Gasteiger partial charge < -0.3 is 4.57 Å². The van der Waals surface area contributed by atoms with E-state index >= 15 is 0 Å². The molecule has 0 spiro atoms. The number of aromatic nitrogens is 5. The molecule has 196 valence electrons. The van der Waals surface area contributed by atoms with Crippen LogP contribution < -0.4 is 0 Å². The number of fused-ring (bicyclic) bond motifs is 8. The smallest absolute Gasteiger partial charge is 0.160 e. The van der Waals surface area contributed by atoms with E-state index in [2.05, 4.69) is 99.5 Å². The first-order chi connectivity index (χ1) is 20.8. The van der Waals surface area contributed by atoms with Crippen molar-refractivity contribution < 1.29 is 0 Å². The Kier molecular flexibility index (Phi) is 5.00. The standard InChI is InChI=1S/C36H21N5S/c1-2-8-22(9-3-1)32-28-11-4-6-12-30(28)39-35(40-32)23-14-16-24(17-15-23)41-31-13-7-5-10-25(31)26-18-19-27-29-20-37-21-38-36(29)42-34(27)33(26)41/h1-21H. The second-order valence-corrected chi connectivity index (χ2v) is 11.4. The second-order valence-electron chi connectivity index (χ2n) is 10.4. The first-order valence-corrected chi connectivity index (χ1v) is 14.6. The number of hydrogen-bond acceptors (Lipinski definition) is 5. The molecule has 0 aliphatic carbocycles. The van der Waals surface area contributed by atoms with Crippen molar-refractivity contribution in [1.29, 1.82) is 0 Å². The van der Waals surface area contributed by atoms with Gasteiger partial charge in [0, 0.05) is 49.9 Å². The fraction of sp³-hybridized carbons (Fsp3) is 0. The topological polar surface area (TPSA) is 56.5 Å². The van der Waals surface area contributed by atoms with Crippen molar-refractivity contribution in [3.8, 4) is 28.3 Å². The molecule has 0 bridgehead atoms. The zero-order valence-electron chi connectivity index (χ0n) is 22.3. The Balaban J connectivity index is 1.26. The van der Waals surface area contributed by atoms with Gasteiger partial charge in [-0.15, -0.1) is 11.3 Å². The van der Waals surface area contributed by atoms with Crippen molar-refractivity contribution in [3.63, 3.8) is 0 Å². The molecule has 0 radical (unpaired) electrons. The van der Waals surface area contributed by atoms with Gasteiger partial charge in [-0.3, -0.25) is 0 Å². The number of para-hydroxylation sites is 2. The summed E-state index contributed by atoms with van der Waals surface area (Å²) in [5, 5.41) is 5.78. The first-order valence-electron chi connectivity index (χ1n) is 13.8. The van der Waals surface area contributed by atoms with Gasteiger partial charge >= 0.3 is 0 Å². The molecule has 5 nitrogen and oxygen atoms in total. The Bertz CT molecular complexity index is 2460. The van der Waals surface area contributed by atoms with Crippen LogP contribution in [0.5, 0.6) is 0 Å². The van der Waals surface area contributed by atoms with E-state index in [1.54, 1.807) is 17.7 Å². The van der Waals surface area contributed by atoms with Crippen LogP contribution in [-0.2, 0) is 0 Å². The quantitative estimate of drug-likeness (QED) is 0.218. The molecule has 0 saturated carbocycles. The highest BCUT2D eigenvalue weighted by Gasteiger charge is 2.18. The lowest BCUT2D eigenvalue weighted by Crippen LogP contribution is -1.97. The number of nitrogens with zero attached hydrogens (tertiary/aromatic N) is 5. The number of hydrogen-bond donors (Lipinski definition) is 0. The molecule has 4 aromatic heterocycles. The maximum atomic E-state index is 5.07. The summed E-state index contributed by atoms with van der Waals surface area (Å²) in [6, 6.07) is 40.2. The Morgan fingerprint density at radius 1 is 0.571 bits per heavy atom. The van der Waals surface area contributed by atoms with Crippen LogP contribution in [0.15, 0.2) is 128 Å². The van der Waals surface area contributed by atoms with E-state index in [9.17, 15) is 0 Å². The summed E-state index contributed by atoms with van der Waals surface area (Å²) in [5.74, 6) is 0.715. The summed E-state index contributed by atoms with van der Waals surface area (Å²) < 4.78 is 3.59. The molecule has 9 rings (SSSR count). The van der Waals surface area contributed by atoms with E-state index in [1.807, 2.05) is 36.5 Å². The summed E-state index contributed by atoms with van der Waals surface area (Å²) in [6.45, 7) is 0. The first kappa shape index (κ1) is 23.3. The lowest BCUT2D eigenvalue weighted by molar-refractivity contribution is 1.18. The molecule has 6 heteroatoms. The van der Waals surface area contributed by atoms with E-state index in [1.165, 1.54) is 31.9 Å². The van der Waals surface area contributed by atoms with Gasteiger partial charge in [0.05, 0.1) is 26.9 Å². The van der Waals surface area contributed by atoms with Gasteiger partial charge in [0.2, 0.25) is 0 Å². The van der Waals surface area contributed by atoms with Crippen molar-refractivity contribution >= 4 is 64.3 Å². The molecule has 0 N–H and O–H groups in total. The van der Waals surface area contributed by atoms with Gasteiger partial charge in [0.25, 0.3) is 0 Å². The predicted octanol–water partition coefficient (Wildman–Crippen LogP) is 9.22. The van der Waals surface area contributed by atoms with Crippen LogP contribution in [-0.4, -0.2) is 24.5 Å². The fourth-order valence-corrected chi connectivity index (χ4v) is 7.23. The van der Waals surface area contributed by atoms with Crippen LogP contribution in [0.25, 0.3) is 81.3 Å². The van der Waals surface area contributed by atoms with Gasteiger partial charge in [0.15, 0.2) is 5.82 Å². The minimum atomic E-state index is 0.715. The van der Waals surface area contributed by atoms with E-state index in [0.29, 0.717) is 5.82 Å². The van der Waals surface area contributed by atoms with Crippen LogP contribution in [0, 0.1) is 0 Å². The fourth-order valence-electron chi connectivity index (χ4n) is 6.07. The Labute approximate surface area is 244 Å². The second kappa shape index (κ2) is 9.03. The molecular weight excluding hydrogens is 534 g/mol. The Morgan fingerprint density at radius 2 is 1.33 bits per heavy atom. The molecule has 4 heterocycles. The molecule has 0 fully saturated rings. The van der Waals surface area contributed by atoms with Crippen LogP contribution in [0.1, 0.15) is 0 Å². The maximum absolute atomic E-state index is 5.07. The van der Waals surface area contributed by atoms with Gasteiger partial charge in [-0.05, 0) is 36.4 Å². The highest BCUT2D eigenvalue weighted by Crippen LogP contribution is 2.42. The minimum Gasteiger partial charge on any atom is -0.308 e. The summed E-state index contributed by atoms with van der Waals surface area (Å²) in [6.07, 6.45) is 3.54. The molecule has 5 aromatic carbocycles. The molecule has 0 aliphatic rings. The molecule has 0 atom stereocenters. The maximum Gasteiger partial charge on any atom is 0.160 e. The Morgan fingerprint density at radius 3 is 2.21 bits per heavy atom. The zero-order chi connectivity index (χ0) is 27.6. The van der Waals surface area contributed by atoms with Crippen LogP contribution in [0.2, 0.25) is 0 Å². The SMILES string of the molecule is c1ccc(-c2nc(-c3ccc(-n4c5ccccc5c5ccc6c7cncnc7sc6c54)cc3)nc3ccccc23)cc1. The van der Waals surface area contributed by atoms with Crippen LogP contribution >= 0.6 is 11.3 Å². The summed E-state index contributed by atoms with van der Waals surface area (Å²) in [5.41, 5.74) is 7.38. The normalized spacial score (nSPS) is 11.8. The van der Waals surface area contributed by atoms with E-state index in [4.69, 9.17) is 9.97 Å². The summed E-state index contributed by atoms with van der Waals surface area (Å²) in [4.78, 5) is 19.9. The lowest BCUT2D eigenvalue weighted by Gasteiger charge is -2.11. The van der Waals surface area contributed by atoms with E-state index in [0.717, 1.165) is 43.6 Å². The van der Waals surface area contributed by atoms with E-state index in [-0.39, 0.29) is 0 Å². The largest absolute Gasteiger partial charge is 0.308 e. The van der Waals surface area contributed by atoms with Gasteiger partial charge in [-0.25, -0.2) is 19.9 Å². The van der Waals surface area contributed by atoms with Crippen molar-refractivity contribution in [3.05, 3.63) is 128 Å². The molecule has 42 heavy (non-hydrogen) atoms. The average molecular weight is 556 g/mol. The molecule has 0 saturated heterocycles. The lowest BCUT2D eigenvalue weighted by atomic mass is 10.1. The van der Waals surface area contributed by atoms with E-state index < -0.39 is 0 Å². The number of rotatable bonds is 3. The zero-order valence-corrected chi connectivity index (χ0v) is 23.1. The Hall–Kier alpha value is -5.46. The van der Waals surface area contributed by atoms with Gasteiger partial charge in [-0.2, -0.15) is 0 Å². The van der Waals surface area contributed by atoms with Gasteiger partial charge in [-0.1, -0.05) is 78.9 Å². The monoisotopic (exact) mass is 555 g/mol. The van der Waals surface area contributed by atoms with Gasteiger partial charge in [0.1, 0.15) is 11.2 Å². The molecule has 0 amide bonds. The third-order valence-electron chi connectivity index (χ3n) is 7.99. The van der Waals surface area contributed by atoms with Crippen molar-refractivity contribution in [2.24, 2.45) is 0 Å². The van der Waals surface area contributed by atoms with Crippen LogP contribution in [0.3, 0.4) is 0 Å². The van der Waals surface area contributed by atoms with Crippen LogP contribution in [0.4, 0.5) is 0 Å². The molecule has 0 aliphatic heterocycles. The van der Waals surface area contributed by atoms with Crippen molar-refractivity contribution in [1.82, 2.24) is 24.5 Å². The summed E-state index contributed by atoms with van der Waals surface area (Å²) in [7, 11) is 0. The minimum absolute atomic E-state index is 0.715. The van der Waals surface area contributed by atoms with Crippen molar-refractivity contribution in [2.45, 2.75) is 0 Å². The third kappa shape index (κ3) is 3.42.